The largest absolute Gasteiger partial charge is 0.497 e. The fraction of sp³-hybridized carbons (Fsp3) is 0.0556. The molecule has 1 aromatic carbocycles. The Morgan fingerprint density at radius 1 is 1.21 bits per heavy atom. The number of thiazole rings is 1. The third kappa shape index (κ3) is 4.05. The van der Waals surface area contributed by atoms with Crippen molar-refractivity contribution in [3.05, 3.63) is 65.7 Å². The van der Waals surface area contributed by atoms with Crippen molar-refractivity contribution in [3.8, 4) is 17.1 Å². The maximum absolute atomic E-state index is 12.0. The summed E-state index contributed by atoms with van der Waals surface area (Å²) < 4.78 is 5.15. The summed E-state index contributed by atoms with van der Waals surface area (Å²) >= 11 is 1.36. The molecular formula is C18H15N3O2S. The number of carbonyl (C=O) groups excluding carboxylic acids is 1. The smallest absolute Gasteiger partial charge is 0.250 e. The Hall–Kier alpha value is -2.99. The Labute approximate surface area is 143 Å². The van der Waals surface area contributed by atoms with E-state index in [0.717, 1.165) is 22.7 Å². The van der Waals surface area contributed by atoms with Crippen molar-refractivity contribution in [2.24, 2.45) is 0 Å². The zero-order chi connectivity index (χ0) is 16.8. The van der Waals surface area contributed by atoms with Crippen LogP contribution in [0.15, 0.2) is 60.1 Å². The Morgan fingerprint density at radius 3 is 2.92 bits per heavy atom. The summed E-state index contributed by atoms with van der Waals surface area (Å²) in [5.41, 5.74) is 2.41. The molecule has 0 aliphatic heterocycles. The third-order valence-corrected chi connectivity index (χ3v) is 3.94. The van der Waals surface area contributed by atoms with Crippen molar-refractivity contribution >= 4 is 28.5 Å². The number of rotatable bonds is 5. The first-order valence-corrected chi connectivity index (χ1v) is 8.12. The van der Waals surface area contributed by atoms with Crippen LogP contribution in [0.25, 0.3) is 17.5 Å². The standard InChI is InChI=1S/C18H15N3O2S/c1-23-14-6-4-5-13(11-14)8-9-17(22)21-18-20-16(12-24-18)15-7-2-3-10-19-15/h2-12H,1H3,(H,20,21,22). The molecule has 0 aliphatic rings. The summed E-state index contributed by atoms with van der Waals surface area (Å²) in [6.45, 7) is 0. The number of amides is 1. The highest BCUT2D eigenvalue weighted by atomic mass is 32.1. The second-order valence-electron chi connectivity index (χ2n) is 4.85. The maximum Gasteiger partial charge on any atom is 0.250 e. The molecule has 120 valence electrons. The van der Waals surface area contributed by atoms with Crippen LogP contribution in [0.5, 0.6) is 5.75 Å². The van der Waals surface area contributed by atoms with E-state index in [0.29, 0.717) is 5.13 Å². The van der Waals surface area contributed by atoms with E-state index >= 15 is 0 Å². The van der Waals surface area contributed by atoms with Gasteiger partial charge in [-0.3, -0.25) is 15.1 Å². The van der Waals surface area contributed by atoms with Crippen molar-refractivity contribution in [1.29, 1.82) is 0 Å². The van der Waals surface area contributed by atoms with Crippen molar-refractivity contribution in [1.82, 2.24) is 9.97 Å². The Kier molecular flexibility index (Phi) is 4.98. The van der Waals surface area contributed by atoms with Gasteiger partial charge in [-0.15, -0.1) is 11.3 Å². The van der Waals surface area contributed by atoms with Gasteiger partial charge in [-0.2, -0.15) is 0 Å². The van der Waals surface area contributed by atoms with E-state index in [1.165, 1.54) is 17.4 Å². The number of aromatic nitrogens is 2. The molecule has 1 N–H and O–H groups in total. The van der Waals surface area contributed by atoms with Crippen LogP contribution >= 0.6 is 11.3 Å². The highest BCUT2D eigenvalue weighted by Gasteiger charge is 2.06. The molecule has 24 heavy (non-hydrogen) atoms. The van der Waals surface area contributed by atoms with Gasteiger partial charge in [0.15, 0.2) is 5.13 Å². The monoisotopic (exact) mass is 337 g/mol. The molecule has 0 atom stereocenters. The zero-order valence-electron chi connectivity index (χ0n) is 13.0. The van der Waals surface area contributed by atoms with Crippen molar-refractivity contribution in [2.45, 2.75) is 0 Å². The quantitative estimate of drug-likeness (QED) is 0.718. The van der Waals surface area contributed by atoms with Gasteiger partial charge in [0.25, 0.3) is 0 Å². The number of ether oxygens (including phenoxy) is 1. The van der Waals surface area contributed by atoms with Gasteiger partial charge in [0, 0.05) is 17.7 Å². The van der Waals surface area contributed by atoms with Crippen LogP contribution in [-0.4, -0.2) is 23.0 Å². The minimum Gasteiger partial charge on any atom is -0.497 e. The number of hydrogen-bond acceptors (Lipinski definition) is 5. The van der Waals surface area contributed by atoms with Crippen molar-refractivity contribution in [3.63, 3.8) is 0 Å². The van der Waals surface area contributed by atoms with Crippen LogP contribution in [0.4, 0.5) is 5.13 Å². The predicted octanol–water partition coefficient (Wildman–Crippen LogP) is 3.87. The second-order valence-corrected chi connectivity index (χ2v) is 5.71. The first kappa shape index (κ1) is 15.9. The van der Waals surface area contributed by atoms with Crippen molar-refractivity contribution in [2.75, 3.05) is 12.4 Å². The van der Waals surface area contributed by atoms with Crippen LogP contribution < -0.4 is 10.1 Å². The molecule has 6 heteroatoms. The minimum absolute atomic E-state index is 0.236. The number of pyridine rings is 1. The average molecular weight is 337 g/mol. The SMILES string of the molecule is COc1cccc(C=CC(=O)Nc2nc(-c3ccccn3)cs2)c1. The number of benzene rings is 1. The lowest BCUT2D eigenvalue weighted by Gasteiger charge is -2.00. The highest BCUT2D eigenvalue weighted by Crippen LogP contribution is 2.23. The van der Waals surface area contributed by atoms with Gasteiger partial charge >= 0.3 is 0 Å². The molecule has 0 saturated carbocycles. The summed E-state index contributed by atoms with van der Waals surface area (Å²) in [5.74, 6) is 0.511. The average Bonchev–Trinajstić information content (AvgIpc) is 3.09. The van der Waals surface area contributed by atoms with Crippen LogP contribution in [0, 0.1) is 0 Å². The fourth-order valence-corrected chi connectivity index (χ4v) is 2.73. The number of anilines is 1. The molecule has 0 bridgehead atoms. The molecule has 0 unspecified atom stereocenters. The Balaban J connectivity index is 1.65. The summed E-state index contributed by atoms with van der Waals surface area (Å²) in [4.78, 5) is 20.6. The molecule has 3 aromatic rings. The Bertz CT molecular complexity index is 859. The van der Waals surface area contributed by atoms with E-state index in [1.54, 1.807) is 19.4 Å². The van der Waals surface area contributed by atoms with Gasteiger partial charge in [0.1, 0.15) is 11.4 Å². The molecule has 0 aliphatic carbocycles. The third-order valence-electron chi connectivity index (χ3n) is 3.18. The zero-order valence-corrected chi connectivity index (χ0v) is 13.8. The highest BCUT2D eigenvalue weighted by molar-refractivity contribution is 7.14. The van der Waals surface area contributed by atoms with Crippen LogP contribution in [0.1, 0.15) is 5.56 Å². The molecule has 1 amide bonds. The van der Waals surface area contributed by atoms with E-state index in [-0.39, 0.29) is 5.91 Å². The molecule has 2 heterocycles. The summed E-state index contributed by atoms with van der Waals surface area (Å²) in [6, 6.07) is 13.1. The lowest BCUT2D eigenvalue weighted by atomic mass is 10.2. The van der Waals surface area contributed by atoms with Gasteiger partial charge in [-0.05, 0) is 35.9 Å². The van der Waals surface area contributed by atoms with Gasteiger partial charge < -0.3 is 4.74 Å². The molecule has 2 aromatic heterocycles. The second kappa shape index (κ2) is 7.52. The van der Waals surface area contributed by atoms with E-state index in [4.69, 9.17) is 4.74 Å². The number of nitrogens with zero attached hydrogens (tertiary/aromatic N) is 2. The molecule has 0 radical (unpaired) electrons. The van der Waals surface area contributed by atoms with Crippen molar-refractivity contribution < 1.29 is 9.53 Å². The van der Waals surface area contributed by atoms with Gasteiger partial charge in [0.05, 0.1) is 12.8 Å². The molecule has 5 nitrogen and oxygen atoms in total. The normalized spacial score (nSPS) is 10.7. The van der Waals surface area contributed by atoms with E-state index in [9.17, 15) is 4.79 Å². The van der Waals surface area contributed by atoms with Gasteiger partial charge in [-0.25, -0.2) is 4.98 Å². The molecule has 0 fully saturated rings. The fourth-order valence-electron chi connectivity index (χ4n) is 2.03. The topological polar surface area (TPSA) is 64.1 Å². The van der Waals surface area contributed by atoms with Gasteiger partial charge in [0.2, 0.25) is 5.91 Å². The molecular weight excluding hydrogens is 322 g/mol. The number of nitrogens with one attached hydrogen (secondary N) is 1. The maximum atomic E-state index is 12.0. The summed E-state index contributed by atoms with van der Waals surface area (Å²) in [6.07, 6.45) is 4.91. The van der Waals surface area contributed by atoms with E-state index in [1.807, 2.05) is 47.8 Å². The first-order chi connectivity index (χ1) is 11.7. The Morgan fingerprint density at radius 2 is 2.12 bits per heavy atom. The number of hydrogen-bond donors (Lipinski definition) is 1. The van der Waals surface area contributed by atoms with Gasteiger partial charge in [-0.1, -0.05) is 18.2 Å². The van der Waals surface area contributed by atoms with Crippen LogP contribution in [0.3, 0.4) is 0 Å². The number of methoxy groups -OCH3 is 1. The van der Waals surface area contributed by atoms with E-state index in [2.05, 4.69) is 15.3 Å². The summed E-state index contributed by atoms with van der Waals surface area (Å²) in [5, 5.41) is 5.16. The molecule has 0 saturated heterocycles. The van der Waals surface area contributed by atoms with E-state index < -0.39 is 0 Å². The van der Waals surface area contributed by atoms with Crippen LogP contribution in [0.2, 0.25) is 0 Å². The molecule has 3 rings (SSSR count). The minimum atomic E-state index is -0.236. The number of carbonyl (C=O) groups is 1. The lowest BCUT2D eigenvalue weighted by Crippen LogP contribution is -2.07. The molecule has 0 spiro atoms. The summed E-state index contributed by atoms with van der Waals surface area (Å²) in [7, 11) is 1.61. The lowest BCUT2D eigenvalue weighted by molar-refractivity contribution is -0.111. The van der Waals surface area contributed by atoms with Crippen LogP contribution in [-0.2, 0) is 4.79 Å². The first-order valence-electron chi connectivity index (χ1n) is 7.24. The predicted molar refractivity (Wildman–Crippen MR) is 96.0 cm³/mol.